The van der Waals surface area contributed by atoms with Crippen LogP contribution in [0.25, 0.3) is 11.3 Å². The largest absolute Gasteiger partial charge is 0.302 e. The molecule has 3 aromatic rings. The SMILES string of the molecule is Cc1ccc(S(=O)(=O)N2CCCC(C(=O)Nc3nc(-c4ccc(C#N)cc4)cs3)C2)cc1. The minimum atomic E-state index is -3.64. The van der Waals surface area contributed by atoms with Crippen molar-refractivity contribution in [3.05, 3.63) is 65.0 Å². The third kappa shape index (κ3) is 4.72. The lowest BCUT2D eigenvalue weighted by Crippen LogP contribution is -2.43. The maximum Gasteiger partial charge on any atom is 0.243 e. The summed E-state index contributed by atoms with van der Waals surface area (Å²) >= 11 is 1.31. The van der Waals surface area contributed by atoms with E-state index in [2.05, 4.69) is 16.4 Å². The topological polar surface area (TPSA) is 103 Å². The fraction of sp³-hybridized carbons (Fsp3) is 0.261. The molecule has 1 atom stereocenters. The van der Waals surface area contributed by atoms with Crippen LogP contribution in [0, 0.1) is 24.2 Å². The van der Waals surface area contributed by atoms with Crippen molar-refractivity contribution in [3.63, 3.8) is 0 Å². The fourth-order valence-electron chi connectivity index (χ4n) is 3.62. The van der Waals surface area contributed by atoms with Crippen LogP contribution >= 0.6 is 11.3 Å². The number of anilines is 1. The van der Waals surface area contributed by atoms with E-state index in [1.165, 1.54) is 15.6 Å². The summed E-state index contributed by atoms with van der Waals surface area (Å²) in [5, 5.41) is 14.1. The summed E-state index contributed by atoms with van der Waals surface area (Å²) in [7, 11) is -3.64. The third-order valence-corrected chi connectivity index (χ3v) is 8.09. The standard InChI is InChI=1S/C23H22N4O3S2/c1-16-4-10-20(11-5-16)32(29,30)27-12-2-3-19(14-27)22(28)26-23-25-21(15-31-23)18-8-6-17(13-24)7-9-18/h4-11,15,19H,2-3,12,14H2,1H3,(H,25,26,28). The third-order valence-electron chi connectivity index (χ3n) is 5.46. The number of aromatic nitrogens is 1. The first-order valence-corrected chi connectivity index (χ1v) is 12.5. The zero-order chi connectivity index (χ0) is 22.7. The minimum Gasteiger partial charge on any atom is -0.302 e. The molecule has 0 spiro atoms. The zero-order valence-electron chi connectivity index (χ0n) is 17.5. The Labute approximate surface area is 191 Å². The molecule has 1 amide bonds. The fourth-order valence-corrected chi connectivity index (χ4v) is 5.87. The molecule has 7 nitrogen and oxygen atoms in total. The van der Waals surface area contributed by atoms with Crippen molar-refractivity contribution >= 4 is 32.4 Å². The Morgan fingerprint density at radius 2 is 1.91 bits per heavy atom. The van der Waals surface area contributed by atoms with Crippen LogP contribution in [0.4, 0.5) is 5.13 Å². The number of thiazole rings is 1. The van der Waals surface area contributed by atoms with Gasteiger partial charge in [-0.15, -0.1) is 11.3 Å². The van der Waals surface area contributed by atoms with Gasteiger partial charge >= 0.3 is 0 Å². The van der Waals surface area contributed by atoms with Gasteiger partial charge in [-0.2, -0.15) is 9.57 Å². The van der Waals surface area contributed by atoms with E-state index in [9.17, 15) is 13.2 Å². The Balaban J connectivity index is 1.43. The number of benzene rings is 2. The van der Waals surface area contributed by atoms with E-state index in [1.54, 1.807) is 36.4 Å². The monoisotopic (exact) mass is 466 g/mol. The average Bonchev–Trinajstić information content (AvgIpc) is 3.28. The smallest absolute Gasteiger partial charge is 0.243 e. The highest BCUT2D eigenvalue weighted by molar-refractivity contribution is 7.89. The van der Waals surface area contributed by atoms with Gasteiger partial charge in [-0.05, 0) is 44.0 Å². The minimum absolute atomic E-state index is 0.149. The number of amides is 1. The van der Waals surface area contributed by atoms with Crippen molar-refractivity contribution in [1.29, 1.82) is 5.26 Å². The number of hydrogen-bond acceptors (Lipinski definition) is 6. The first kappa shape index (κ1) is 22.1. The number of nitriles is 1. The molecular formula is C23H22N4O3S2. The summed E-state index contributed by atoms with van der Waals surface area (Å²) in [6.07, 6.45) is 1.25. The summed E-state index contributed by atoms with van der Waals surface area (Å²) in [5.41, 5.74) is 3.12. The van der Waals surface area contributed by atoms with E-state index < -0.39 is 15.9 Å². The van der Waals surface area contributed by atoms with Gasteiger partial charge in [0, 0.05) is 24.0 Å². The number of rotatable bonds is 5. The van der Waals surface area contributed by atoms with E-state index in [0.29, 0.717) is 35.8 Å². The summed E-state index contributed by atoms with van der Waals surface area (Å²) in [5.74, 6) is -0.666. The Hall–Kier alpha value is -3.06. The number of carbonyl (C=O) groups is 1. The first-order valence-electron chi connectivity index (χ1n) is 10.2. The number of nitrogens with one attached hydrogen (secondary N) is 1. The lowest BCUT2D eigenvalue weighted by molar-refractivity contribution is -0.120. The van der Waals surface area contributed by atoms with Crippen LogP contribution in [0.3, 0.4) is 0 Å². The molecule has 2 heterocycles. The van der Waals surface area contributed by atoms with Gasteiger partial charge < -0.3 is 5.32 Å². The zero-order valence-corrected chi connectivity index (χ0v) is 19.1. The molecule has 32 heavy (non-hydrogen) atoms. The number of sulfonamides is 1. The number of nitrogens with zero attached hydrogens (tertiary/aromatic N) is 3. The molecule has 0 saturated carbocycles. The highest BCUT2D eigenvalue weighted by Gasteiger charge is 2.33. The second-order valence-electron chi connectivity index (χ2n) is 7.73. The molecule has 1 aliphatic rings. The average molecular weight is 467 g/mol. The number of hydrogen-bond donors (Lipinski definition) is 1. The van der Waals surface area contributed by atoms with E-state index in [-0.39, 0.29) is 17.3 Å². The van der Waals surface area contributed by atoms with E-state index in [1.807, 2.05) is 24.4 Å². The quantitative estimate of drug-likeness (QED) is 0.611. The maximum absolute atomic E-state index is 13.0. The molecule has 1 aliphatic heterocycles. The molecule has 2 aromatic carbocycles. The van der Waals surface area contributed by atoms with Crippen molar-refractivity contribution < 1.29 is 13.2 Å². The molecule has 1 N–H and O–H groups in total. The van der Waals surface area contributed by atoms with Crippen molar-refractivity contribution in [2.75, 3.05) is 18.4 Å². The highest BCUT2D eigenvalue weighted by Crippen LogP contribution is 2.28. The highest BCUT2D eigenvalue weighted by atomic mass is 32.2. The predicted molar refractivity (Wildman–Crippen MR) is 124 cm³/mol. The summed E-state index contributed by atoms with van der Waals surface area (Å²) < 4.78 is 27.4. The van der Waals surface area contributed by atoms with Gasteiger partial charge in [-0.25, -0.2) is 13.4 Å². The number of aryl methyl sites for hydroxylation is 1. The first-order chi connectivity index (χ1) is 15.4. The van der Waals surface area contributed by atoms with Gasteiger partial charge in [0.05, 0.1) is 28.1 Å². The molecule has 0 radical (unpaired) electrons. The molecule has 9 heteroatoms. The van der Waals surface area contributed by atoms with Crippen molar-refractivity contribution in [1.82, 2.24) is 9.29 Å². The van der Waals surface area contributed by atoms with Crippen molar-refractivity contribution in [2.24, 2.45) is 5.92 Å². The normalized spacial score (nSPS) is 16.9. The Bertz CT molecular complexity index is 1260. The summed E-state index contributed by atoms with van der Waals surface area (Å²) in [6.45, 7) is 2.46. The second kappa shape index (κ2) is 9.20. The predicted octanol–water partition coefficient (Wildman–Crippen LogP) is 4.03. The van der Waals surface area contributed by atoms with Crippen LogP contribution in [-0.2, 0) is 14.8 Å². The van der Waals surface area contributed by atoms with E-state index in [4.69, 9.17) is 5.26 Å². The number of carbonyl (C=O) groups excluding carboxylic acids is 1. The molecular weight excluding hydrogens is 444 g/mol. The molecule has 1 aromatic heterocycles. The van der Waals surface area contributed by atoms with Crippen LogP contribution in [-0.4, -0.2) is 36.7 Å². The van der Waals surface area contributed by atoms with Crippen molar-refractivity contribution in [2.45, 2.75) is 24.7 Å². The summed E-state index contributed by atoms with van der Waals surface area (Å²) in [6, 6.07) is 15.9. The molecule has 0 bridgehead atoms. The van der Waals surface area contributed by atoms with Gasteiger partial charge in [-0.3, -0.25) is 4.79 Å². The van der Waals surface area contributed by atoms with Crippen LogP contribution in [0.2, 0.25) is 0 Å². The van der Waals surface area contributed by atoms with Gasteiger partial charge in [0.15, 0.2) is 5.13 Å². The van der Waals surface area contributed by atoms with Gasteiger partial charge in [0.1, 0.15) is 0 Å². The second-order valence-corrected chi connectivity index (χ2v) is 10.5. The molecule has 1 saturated heterocycles. The maximum atomic E-state index is 13.0. The van der Waals surface area contributed by atoms with Crippen LogP contribution in [0.5, 0.6) is 0 Å². The van der Waals surface area contributed by atoms with E-state index in [0.717, 1.165) is 11.1 Å². The Kier molecular flexibility index (Phi) is 6.37. The van der Waals surface area contributed by atoms with Crippen molar-refractivity contribution in [3.8, 4) is 17.3 Å². The van der Waals surface area contributed by atoms with Gasteiger partial charge in [0.25, 0.3) is 0 Å². The number of piperidine rings is 1. The lowest BCUT2D eigenvalue weighted by atomic mass is 9.99. The molecule has 4 rings (SSSR count). The lowest BCUT2D eigenvalue weighted by Gasteiger charge is -2.31. The van der Waals surface area contributed by atoms with Crippen LogP contribution in [0.15, 0.2) is 58.8 Å². The molecule has 164 valence electrons. The molecule has 1 fully saturated rings. The van der Waals surface area contributed by atoms with Crippen LogP contribution < -0.4 is 5.32 Å². The van der Waals surface area contributed by atoms with Gasteiger partial charge in [-0.1, -0.05) is 29.8 Å². The molecule has 0 aliphatic carbocycles. The van der Waals surface area contributed by atoms with E-state index >= 15 is 0 Å². The Morgan fingerprint density at radius 1 is 1.19 bits per heavy atom. The molecule has 1 unspecified atom stereocenters. The Morgan fingerprint density at radius 3 is 2.59 bits per heavy atom. The van der Waals surface area contributed by atoms with Crippen LogP contribution in [0.1, 0.15) is 24.0 Å². The summed E-state index contributed by atoms with van der Waals surface area (Å²) in [4.78, 5) is 17.6. The van der Waals surface area contributed by atoms with Gasteiger partial charge in [0.2, 0.25) is 15.9 Å².